The molecule has 0 aliphatic rings. The maximum absolute atomic E-state index is 9.81. The van der Waals surface area contributed by atoms with Gasteiger partial charge in [-0.05, 0) is 37.0 Å². The Bertz CT molecular complexity index is 366. The van der Waals surface area contributed by atoms with Gasteiger partial charge in [-0.1, -0.05) is 57.1 Å². The number of aryl methyl sites for hydroxylation is 2. The normalized spacial score (nSPS) is 10.1. The Morgan fingerprint density at radius 3 is 2.00 bits per heavy atom. The van der Waals surface area contributed by atoms with Gasteiger partial charge >= 0.3 is 19.3 Å². The molecule has 2 nitrogen and oxygen atoms in total. The van der Waals surface area contributed by atoms with Crippen molar-refractivity contribution in [1.82, 2.24) is 0 Å². The molecule has 3 heteroatoms. The summed E-state index contributed by atoms with van der Waals surface area (Å²) in [6.45, 7) is 5.88. The Kier molecular flexibility index (Phi) is 13.8. The number of phenols is 1. The van der Waals surface area contributed by atoms with E-state index in [9.17, 15) is 5.11 Å². The van der Waals surface area contributed by atoms with E-state index in [1.807, 2.05) is 13.0 Å². The van der Waals surface area contributed by atoms with Crippen LogP contribution in [0.5, 0.6) is 5.75 Å². The van der Waals surface area contributed by atoms with Crippen molar-refractivity contribution >= 4 is 0 Å². The summed E-state index contributed by atoms with van der Waals surface area (Å²) in [5, 5.41) is 9.81. The van der Waals surface area contributed by atoms with Crippen LogP contribution in [0.1, 0.15) is 68.9 Å². The second-order valence-corrected chi connectivity index (χ2v) is 5.56. The summed E-state index contributed by atoms with van der Waals surface area (Å²) < 4.78 is 7.88. The van der Waals surface area contributed by atoms with Gasteiger partial charge in [0.05, 0.1) is 0 Å². The molecule has 0 fully saturated rings. The van der Waals surface area contributed by atoms with E-state index < -0.39 is 0 Å². The van der Waals surface area contributed by atoms with Crippen molar-refractivity contribution in [3.8, 4) is 5.75 Å². The van der Waals surface area contributed by atoms with Gasteiger partial charge in [-0.25, -0.2) is 0 Å². The van der Waals surface area contributed by atoms with Crippen LogP contribution in [0.3, 0.4) is 0 Å². The first-order valence-electron chi connectivity index (χ1n) is 7.94. The summed E-state index contributed by atoms with van der Waals surface area (Å²) in [5.74, 6) is 0.466. The number of benzene rings is 1. The van der Waals surface area contributed by atoms with Gasteiger partial charge in [-0.2, -0.15) is 6.42 Å². The number of unbranched alkanes of at least 4 members (excludes halogenated alkanes) is 8. The van der Waals surface area contributed by atoms with Crippen molar-refractivity contribution in [3.63, 3.8) is 0 Å². The van der Waals surface area contributed by atoms with E-state index >= 15 is 0 Å². The summed E-state index contributed by atoms with van der Waals surface area (Å²) in [4.78, 5) is 0. The van der Waals surface area contributed by atoms with E-state index in [1.54, 1.807) is 0 Å². The van der Waals surface area contributed by atoms with Gasteiger partial charge in [-0.3, -0.25) is 0 Å². The molecule has 0 heterocycles. The third-order valence-electron chi connectivity index (χ3n) is 3.69. The Balaban J connectivity index is 0.00000191. The zero-order valence-electron chi connectivity index (χ0n) is 13.2. The first kappa shape index (κ1) is 20.3. The molecule has 0 saturated heterocycles. The van der Waals surface area contributed by atoms with E-state index in [1.165, 1.54) is 51.4 Å². The molecule has 0 atom stereocenters. The molecule has 0 saturated carbocycles. The number of hydrogen-bond donors (Lipinski definition) is 1. The van der Waals surface area contributed by atoms with Crippen LogP contribution < -0.4 is 0 Å². The third kappa shape index (κ3) is 10.7. The Morgan fingerprint density at radius 1 is 0.952 bits per heavy atom. The molecule has 0 spiro atoms. The van der Waals surface area contributed by atoms with Crippen LogP contribution in [0.2, 0.25) is 0 Å². The Hall–Kier alpha value is -0.686. The van der Waals surface area contributed by atoms with Gasteiger partial charge in [-0.15, -0.1) is 0 Å². The zero-order valence-corrected chi connectivity index (χ0v) is 14.2. The minimum absolute atomic E-state index is 0.466. The molecule has 0 aliphatic heterocycles. The second-order valence-electron chi connectivity index (χ2n) is 5.56. The number of phenolic OH excluding ortho intramolecular Hbond substituents is 1. The first-order chi connectivity index (χ1) is 10.2. The molecule has 0 aromatic heterocycles. The molecule has 0 radical (unpaired) electrons. The van der Waals surface area contributed by atoms with E-state index in [4.69, 9.17) is 3.90 Å². The quantitative estimate of drug-likeness (QED) is 0.350. The molecule has 1 aromatic carbocycles. The third-order valence-corrected chi connectivity index (χ3v) is 3.69. The van der Waals surface area contributed by atoms with E-state index in [0.717, 1.165) is 24.0 Å². The standard InChI is InChI=1S/C18H29O.Ni.O/c1-3-4-5-6-7-8-9-10-11-12-17-14-13-16(2)15-18(17)19;;/h13-15,19H,1,3-12H2,2H3;;/q-1;;. The summed E-state index contributed by atoms with van der Waals surface area (Å²) in [5.41, 5.74) is 2.23. The van der Waals surface area contributed by atoms with Gasteiger partial charge in [0.1, 0.15) is 5.75 Å². The summed E-state index contributed by atoms with van der Waals surface area (Å²) >= 11 is 2.62. The molecule has 1 rings (SSSR count). The first-order valence-corrected chi connectivity index (χ1v) is 8.35. The summed E-state index contributed by atoms with van der Waals surface area (Å²) in [7, 11) is 0. The number of hydrogen-bond acceptors (Lipinski definition) is 2. The fraction of sp³-hybridized carbons (Fsp3) is 0.611. The van der Waals surface area contributed by atoms with Gasteiger partial charge in [0.15, 0.2) is 0 Å². The summed E-state index contributed by atoms with van der Waals surface area (Å²) in [6.07, 6.45) is 12.6. The molecule has 21 heavy (non-hydrogen) atoms. The SMILES string of the molecule is [CH2-]CCCCCCCCCCc1ccc(C)cc1O.[O]=[Ni]. The van der Waals surface area contributed by atoms with Crippen LogP contribution in [0.15, 0.2) is 18.2 Å². The van der Waals surface area contributed by atoms with Crippen LogP contribution in [-0.4, -0.2) is 5.11 Å². The average Bonchev–Trinajstić information content (AvgIpc) is 2.49. The molecular weight excluding hydrogens is 307 g/mol. The van der Waals surface area contributed by atoms with Crippen LogP contribution in [0.25, 0.3) is 0 Å². The molecule has 0 unspecified atom stereocenters. The number of aromatic hydroxyl groups is 1. The molecule has 1 N–H and O–H groups in total. The van der Waals surface area contributed by atoms with Crippen LogP contribution in [0, 0.1) is 13.8 Å². The predicted octanol–water partition coefficient (Wildman–Crippen LogP) is 5.47. The van der Waals surface area contributed by atoms with Crippen molar-refractivity contribution in [2.45, 2.75) is 71.1 Å². The number of rotatable bonds is 10. The van der Waals surface area contributed by atoms with Crippen LogP contribution in [0.4, 0.5) is 0 Å². The predicted molar refractivity (Wildman–Crippen MR) is 84.1 cm³/mol. The van der Waals surface area contributed by atoms with Crippen molar-refractivity contribution in [2.75, 3.05) is 0 Å². The minimum atomic E-state index is 0.466. The average molecular weight is 336 g/mol. The van der Waals surface area contributed by atoms with Crippen molar-refractivity contribution in [3.05, 3.63) is 36.2 Å². The van der Waals surface area contributed by atoms with Gasteiger partial charge < -0.3 is 12.0 Å². The monoisotopic (exact) mass is 335 g/mol. The van der Waals surface area contributed by atoms with E-state index in [2.05, 4.69) is 34.4 Å². The van der Waals surface area contributed by atoms with Crippen molar-refractivity contribution in [2.24, 2.45) is 0 Å². The fourth-order valence-corrected chi connectivity index (χ4v) is 2.44. The molecular formula is C18H29NiO2-. The van der Waals surface area contributed by atoms with Gasteiger partial charge in [0, 0.05) is 0 Å². The summed E-state index contributed by atoms with van der Waals surface area (Å²) in [6, 6.07) is 6.00. The van der Waals surface area contributed by atoms with Gasteiger partial charge in [0.25, 0.3) is 0 Å². The zero-order chi connectivity index (χ0) is 15.9. The topological polar surface area (TPSA) is 37.3 Å². The van der Waals surface area contributed by atoms with Crippen LogP contribution in [-0.2, 0) is 25.7 Å². The second kappa shape index (κ2) is 14.3. The molecule has 1 aromatic rings. The van der Waals surface area contributed by atoms with Crippen molar-refractivity contribution < 1.29 is 24.4 Å². The molecule has 0 aliphatic carbocycles. The van der Waals surface area contributed by atoms with Crippen LogP contribution >= 0.6 is 0 Å². The maximum atomic E-state index is 9.81. The van der Waals surface area contributed by atoms with E-state index in [-0.39, 0.29) is 0 Å². The van der Waals surface area contributed by atoms with E-state index in [0.29, 0.717) is 5.75 Å². The Labute approximate surface area is 137 Å². The molecule has 0 bridgehead atoms. The molecule has 124 valence electrons. The van der Waals surface area contributed by atoms with Crippen molar-refractivity contribution in [1.29, 1.82) is 0 Å². The molecule has 0 amide bonds. The fourth-order valence-electron chi connectivity index (χ4n) is 2.44. The van der Waals surface area contributed by atoms with Gasteiger partial charge in [0.2, 0.25) is 0 Å². The Morgan fingerprint density at radius 2 is 1.48 bits per heavy atom.